The molecule has 0 aromatic carbocycles. The Labute approximate surface area is 101 Å². The van der Waals surface area contributed by atoms with Crippen LogP contribution in [0.15, 0.2) is 16.7 Å². The molecular formula is C13H19NO3. The van der Waals surface area contributed by atoms with Crippen LogP contribution in [0.2, 0.25) is 0 Å². The standard InChI is InChI=1S/C13H19NO3/c1-13(2)3-5-14(6-4-13)8-11-7-10(9-17-11)12(15)16/h7,9H,3-6,8H2,1-2H3,(H,15,16). The number of aromatic carboxylic acids is 1. The Morgan fingerprint density at radius 3 is 2.65 bits per heavy atom. The Kier molecular flexibility index (Phi) is 3.24. The molecule has 0 unspecified atom stereocenters. The Balaban J connectivity index is 1.91. The molecule has 17 heavy (non-hydrogen) atoms. The Morgan fingerprint density at radius 1 is 1.47 bits per heavy atom. The summed E-state index contributed by atoms with van der Waals surface area (Å²) < 4.78 is 5.26. The van der Waals surface area contributed by atoms with E-state index in [0.717, 1.165) is 18.8 Å². The Bertz CT molecular complexity index is 399. The van der Waals surface area contributed by atoms with Crippen LogP contribution in [0.3, 0.4) is 0 Å². The van der Waals surface area contributed by atoms with E-state index in [1.165, 1.54) is 19.1 Å². The van der Waals surface area contributed by atoms with Crippen LogP contribution in [0.4, 0.5) is 0 Å². The smallest absolute Gasteiger partial charge is 0.338 e. The minimum Gasteiger partial charge on any atom is -0.478 e. The summed E-state index contributed by atoms with van der Waals surface area (Å²) in [7, 11) is 0. The first-order valence-corrected chi connectivity index (χ1v) is 5.99. The molecule has 94 valence electrons. The average Bonchev–Trinajstić information content (AvgIpc) is 2.70. The minimum absolute atomic E-state index is 0.234. The lowest BCUT2D eigenvalue weighted by molar-refractivity contribution is 0.0696. The van der Waals surface area contributed by atoms with Crippen LogP contribution in [-0.4, -0.2) is 29.1 Å². The SMILES string of the molecule is CC1(C)CCN(Cc2cc(C(=O)O)co2)CC1. The highest BCUT2D eigenvalue weighted by Crippen LogP contribution is 2.30. The summed E-state index contributed by atoms with van der Waals surface area (Å²) in [5.41, 5.74) is 0.670. The molecule has 4 heteroatoms. The first kappa shape index (κ1) is 12.2. The van der Waals surface area contributed by atoms with Crippen molar-refractivity contribution in [2.75, 3.05) is 13.1 Å². The van der Waals surface area contributed by atoms with Crippen molar-refractivity contribution in [3.8, 4) is 0 Å². The molecule has 4 nitrogen and oxygen atoms in total. The monoisotopic (exact) mass is 237 g/mol. The lowest BCUT2D eigenvalue weighted by Gasteiger charge is -2.36. The van der Waals surface area contributed by atoms with E-state index in [4.69, 9.17) is 9.52 Å². The molecule has 1 saturated heterocycles. The van der Waals surface area contributed by atoms with E-state index in [0.29, 0.717) is 12.0 Å². The number of carboxylic acid groups (broad SMARTS) is 1. The van der Waals surface area contributed by atoms with Gasteiger partial charge in [-0.15, -0.1) is 0 Å². The van der Waals surface area contributed by atoms with Gasteiger partial charge in [-0.1, -0.05) is 13.8 Å². The number of piperidine rings is 1. The van der Waals surface area contributed by atoms with Gasteiger partial charge in [0.1, 0.15) is 12.0 Å². The maximum Gasteiger partial charge on any atom is 0.338 e. The first-order chi connectivity index (χ1) is 7.96. The second-order valence-corrected chi connectivity index (χ2v) is 5.55. The number of carbonyl (C=O) groups is 1. The average molecular weight is 237 g/mol. The van der Waals surface area contributed by atoms with Gasteiger partial charge in [0.05, 0.1) is 12.1 Å². The van der Waals surface area contributed by atoms with Gasteiger partial charge in [-0.25, -0.2) is 4.79 Å². The van der Waals surface area contributed by atoms with Gasteiger partial charge in [-0.3, -0.25) is 4.90 Å². The number of carboxylic acids is 1. The Morgan fingerprint density at radius 2 is 2.12 bits per heavy atom. The zero-order valence-corrected chi connectivity index (χ0v) is 10.4. The molecule has 1 N–H and O–H groups in total. The van der Waals surface area contributed by atoms with E-state index in [1.807, 2.05) is 0 Å². The van der Waals surface area contributed by atoms with Crippen molar-refractivity contribution in [1.82, 2.24) is 4.90 Å². The highest BCUT2D eigenvalue weighted by Gasteiger charge is 2.25. The van der Waals surface area contributed by atoms with Gasteiger partial charge in [-0.2, -0.15) is 0 Å². The maximum absolute atomic E-state index is 10.7. The molecule has 0 spiro atoms. The van der Waals surface area contributed by atoms with Crippen LogP contribution >= 0.6 is 0 Å². The van der Waals surface area contributed by atoms with Crippen molar-refractivity contribution in [2.45, 2.75) is 33.2 Å². The molecule has 0 radical (unpaired) electrons. The molecule has 1 aliphatic rings. The number of hydrogen-bond donors (Lipinski definition) is 1. The topological polar surface area (TPSA) is 53.7 Å². The molecule has 2 heterocycles. The molecule has 1 fully saturated rings. The van der Waals surface area contributed by atoms with E-state index in [-0.39, 0.29) is 5.56 Å². The van der Waals surface area contributed by atoms with Gasteiger partial charge in [0, 0.05) is 0 Å². The molecule has 1 aromatic rings. The summed E-state index contributed by atoms with van der Waals surface area (Å²) in [4.78, 5) is 13.0. The number of furan rings is 1. The largest absolute Gasteiger partial charge is 0.478 e. The third-order valence-electron chi connectivity index (χ3n) is 3.49. The molecule has 0 aliphatic carbocycles. The molecule has 1 aliphatic heterocycles. The number of likely N-dealkylation sites (tertiary alicyclic amines) is 1. The van der Waals surface area contributed by atoms with Crippen LogP contribution in [0.25, 0.3) is 0 Å². The second kappa shape index (κ2) is 4.53. The summed E-state index contributed by atoms with van der Waals surface area (Å²) in [6.45, 7) is 7.40. The van der Waals surface area contributed by atoms with Crippen LogP contribution in [0.5, 0.6) is 0 Å². The summed E-state index contributed by atoms with van der Waals surface area (Å²) in [6, 6.07) is 1.61. The maximum atomic E-state index is 10.7. The normalized spacial score (nSPS) is 20.4. The molecule has 0 amide bonds. The van der Waals surface area contributed by atoms with Gasteiger partial charge < -0.3 is 9.52 Å². The third-order valence-corrected chi connectivity index (χ3v) is 3.49. The first-order valence-electron chi connectivity index (χ1n) is 5.99. The van der Waals surface area contributed by atoms with Gasteiger partial charge in [-0.05, 0) is 37.4 Å². The molecule has 0 atom stereocenters. The molecule has 1 aromatic heterocycles. The summed E-state index contributed by atoms with van der Waals surface area (Å²) >= 11 is 0. The number of nitrogens with zero attached hydrogens (tertiary/aromatic N) is 1. The van der Waals surface area contributed by atoms with Crippen molar-refractivity contribution in [2.24, 2.45) is 5.41 Å². The number of hydrogen-bond acceptors (Lipinski definition) is 3. The third kappa shape index (κ3) is 3.09. The van der Waals surface area contributed by atoms with Crippen molar-refractivity contribution in [3.63, 3.8) is 0 Å². The summed E-state index contributed by atoms with van der Waals surface area (Å²) in [5.74, 6) is -0.193. The van der Waals surface area contributed by atoms with Crippen LogP contribution in [0.1, 0.15) is 42.8 Å². The van der Waals surface area contributed by atoms with E-state index < -0.39 is 5.97 Å². The van der Waals surface area contributed by atoms with E-state index in [9.17, 15) is 4.79 Å². The predicted octanol–water partition coefficient (Wildman–Crippen LogP) is 2.60. The van der Waals surface area contributed by atoms with Gasteiger partial charge in [0.25, 0.3) is 0 Å². The molecule has 0 saturated carbocycles. The highest BCUT2D eigenvalue weighted by molar-refractivity contribution is 5.87. The van der Waals surface area contributed by atoms with Crippen molar-refractivity contribution >= 4 is 5.97 Å². The van der Waals surface area contributed by atoms with Crippen molar-refractivity contribution < 1.29 is 14.3 Å². The molecule has 2 rings (SSSR count). The zero-order valence-electron chi connectivity index (χ0n) is 10.4. The minimum atomic E-state index is -0.931. The molecule has 0 bridgehead atoms. The second-order valence-electron chi connectivity index (χ2n) is 5.55. The van der Waals surface area contributed by atoms with Gasteiger partial charge in [0.2, 0.25) is 0 Å². The van der Waals surface area contributed by atoms with E-state index in [1.54, 1.807) is 6.07 Å². The predicted molar refractivity (Wildman–Crippen MR) is 64.0 cm³/mol. The van der Waals surface area contributed by atoms with E-state index in [2.05, 4.69) is 18.7 Å². The summed E-state index contributed by atoms with van der Waals surface area (Å²) in [5, 5.41) is 8.80. The lowest BCUT2D eigenvalue weighted by Crippen LogP contribution is -2.36. The lowest BCUT2D eigenvalue weighted by atomic mass is 9.83. The van der Waals surface area contributed by atoms with Crippen molar-refractivity contribution in [3.05, 3.63) is 23.7 Å². The van der Waals surface area contributed by atoms with Crippen LogP contribution in [-0.2, 0) is 6.54 Å². The zero-order chi connectivity index (χ0) is 12.5. The van der Waals surface area contributed by atoms with Crippen LogP contribution < -0.4 is 0 Å². The van der Waals surface area contributed by atoms with Gasteiger partial charge in [0.15, 0.2) is 0 Å². The fraction of sp³-hybridized carbons (Fsp3) is 0.615. The highest BCUT2D eigenvalue weighted by atomic mass is 16.4. The van der Waals surface area contributed by atoms with E-state index >= 15 is 0 Å². The number of rotatable bonds is 3. The fourth-order valence-corrected chi connectivity index (χ4v) is 2.11. The quantitative estimate of drug-likeness (QED) is 0.878. The van der Waals surface area contributed by atoms with Crippen molar-refractivity contribution in [1.29, 1.82) is 0 Å². The summed E-state index contributed by atoms with van der Waals surface area (Å²) in [6.07, 6.45) is 3.67. The van der Waals surface area contributed by atoms with Gasteiger partial charge >= 0.3 is 5.97 Å². The van der Waals surface area contributed by atoms with Crippen LogP contribution in [0, 0.1) is 5.41 Å². The molecular weight excluding hydrogens is 218 g/mol. The fourth-order valence-electron chi connectivity index (χ4n) is 2.11. The Hall–Kier alpha value is -1.29.